The van der Waals surface area contributed by atoms with E-state index in [1.54, 1.807) is 0 Å². The zero-order valence-corrected chi connectivity index (χ0v) is 13.2. The summed E-state index contributed by atoms with van der Waals surface area (Å²) in [5.41, 5.74) is 2.42. The fourth-order valence-corrected chi connectivity index (χ4v) is 2.03. The summed E-state index contributed by atoms with van der Waals surface area (Å²) in [6.45, 7) is 7.96. The lowest BCUT2D eigenvalue weighted by molar-refractivity contribution is 0.117. The van der Waals surface area contributed by atoms with Crippen LogP contribution < -0.4 is 0 Å². The number of hydrogen-bond acceptors (Lipinski definition) is 1. The second-order valence-electron chi connectivity index (χ2n) is 5.62. The van der Waals surface area contributed by atoms with Crippen molar-refractivity contribution in [3.63, 3.8) is 0 Å². The van der Waals surface area contributed by atoms with Crippen molar-refractivity contribution in [1.29, 1.82) is 0 Å². The van der Waals surface area contributed by atoms with Crippen molar-refractivity contribution in [2.45, 2.75) is 59.0 Å². The van der Waals surface area contributed by atoms with E-state index >= 15 is 0 Å². The molecule has 0 heterocycles. The van der Waals surface area contributed by atoms with Crippen molar-refractivity contribution in [2.75, 3.05) is 0 Å². The van der Waals surface area contributed by atoms with Gasteiger partial charge in [0, 0.05) is 12.0 Å². The molecule has 1 rings (SSSR count). The average molecular weight is 270 g/mol. The topological polar surface area (TPSA) is 20.2 Å². The molecule has 1 heteroatoms. The minimum absolute atomic E-state index is 0.778. The first kappa shape index (κ1) is 16.5. The van der Waals surface area contributed by atoms with E-state index in [1.165, 1.54) is 0 Å². The fourth-order valence-electron chi connectivity index (χ4n) is 2.03. The number of rotatable bonds is 5. The van der Waals surface area contributed by atoms with Gasteiger partial charge in [-0.3, -0.25) is 0 Å². The zero-order chi connectivity index (χ0) is 15.0. The van der Waals surface area contributed by atoms with Crippen LogP contribution in [-0.2, 0) is 0 Å². The summed E-state index contributed by atoms with van der Waals surface area (Å²) < 4.78 is 0. The van der Waals surface area contributed by atoms with Crippen LogP contribution >= 0.6 is 0 Å². The van der Waals surface area contributed by atoms with Crippen LogP contribution in [0.25, 0.3) is 6.08 Å². The highest BCUT2D eigenvalue weighted by Gasteiger charge is 2.18. The van der Waals surface area contributed by atoms with E-state index in [-0.39, 0.29) is 0 Å². The lowest BCUT2D eigenvalue weighted by atomic mass is 9.91. The van der Waals surface area contributed by atoms with Gasteiger partial charge in [0.1, 0.15) is 0 Å². The molecule has 108 valence electrons. The highest BCUT2D eigenvalue weighted by Crippen LogP contribution is 2.24. The Labute approximate surface area is 123 Å². The van der Waals surface area contributed by atoms with Crippen LogP contribution in [-0.4, -0.2) is 10.7 Å². The Bertz CT molecular complexity index is 507. The molecule has 0 aliphatic heterocycles. The quantitative estimate of drug-likeness (QED) is 0.762. The normalized spacial score (nSPS) is 11.9. The second-order valence-corrected chi connectivity index (χ2v) is 5.62. The Kier molecular flexibility index (Phi) is 6.55. The van der Waals surface area contributed by atoms with Crippen molar-refractivity contribution in [2.24, 2.45) is 0 Å². The van der Waals surface area contributed by atoms with Crippen molar-refractivity contribution in [3.8, 4) is 11.8 Å². The molecule has 1 aromatic carbocycles. The van der Waals surface area contributed by atoms with Crippen molar-refractivity contribution in [3.05, 3.63) is 41.0 Å². The molecular formula is C19H26O. The molecule has 0 bridgehead atoms. The molecule has 0 saturated carbocycles. The van der Waals surface area contributed by atoms with Gasteiger partial charge in [0.25, 0.3) is 0 Å². The van der Waals surface area contributed by atoms with Crippen LogP contribution in [0, 0.1) is 11.8 Å². The maximum atomic E-state index is 10.3. The van der Waals surface area contributed by atoms with Gasteiger partial charge >= 0.3 is 0 Å². The summed E-state index contributed by atoms with van der Waals surface area (Å²) >= 11 is 0. The van der Waals surface area contributed by atoms with Crippen molar-refractivity contribution < 1.29 is 5.11 Å². The van der Waals surface area contributed by atoms with Gasteiger partial charge < -0.3 is 5.11 Å². The Balaban J connectivity index is 3.15. The van der Waals surface area contributed by atoms with Crippen LogP contribution in [0.2, 0.25) is 0 Å². The van der Waals surface area contributed by atoms with Crippen molar-refractivity contribution in [1.82, 2.24) is 0 Å². The standard InChI is InChI=1S/C19H26O/c1-5-7-8-12-16-13-9-10-14-17(16)15-18(11-6-2)19(3,4)20/h9-10,13-15,20H,5-7,11H2,1-4H3/b18-15+. The first-order chi connectivity index (χ1) is 9.49. The molecule has 0 spiro atoms. The molecule has 20 heavy (non-hydrogen) atoms. The summed E-state index contributed by atoms with van der Waals surface area (Å²) in [6.07, 6.45) is 6.03. The monoisotopic (exact) mass is 270 g/mol. The maximum Gasteiger partial charge on any atom is 0.0803 e. The van der Waals surface area contributed by atoms with Gasteiger partial charge in [-0.05, 0) is 43.9 Å². The average Bonchev–Trinajstić information content (AvgIpc) is 2.39. The van der Waals surface area contributed by atoms with Gasteiger partial charge in [0.2, 0.25) is 0 Å². The fraction of sp³-hybridized carbons (Fsp3) is 0.474. The first-order valence-electron chi connectivity index (χ1n) is 7.50. The predicted molar refractivity (Wildman–Crippen MR) is 87.4 cm³/mol. The van der Waals surface area contributed by atoms with E-state index in [0.717, 1.165) is 42.4 Å². The van der Waals surface area contributed by atoms with Crippen LogP contribution in [0.1, 0.15) is 64.5 Å². The molecule has 0 radical (unpaired) electrons. The first-order valence-corrected chi connectivity index (χ1v) is 7.50. The number of aliphatic hydroxyl groups is 1. The minimum atomic E-state index is -0.778. The lowest BCUT2D eigenvalue weighted by Gasteiger charge is -2.22. The largest absolute Gasteiger partial charge is 0.386 e. The third kappa shape index (κ3) is 5.23. The molecule has 0 aliphatic carbocycles. The number of unbranched alkanes of at least 4 members (excludes halogenated alkanes) is 1. The summed E-state index contributed by atoms with van der Waals surface area (Å²) in [6, 6.07) is 8.14. The summed E-state index contributed by atoms with van der Waals surface area (Å²) in [5.74, 6) is 6.43. The molecule has 0 aliphatic rings. The van der Waals surface area contributed by atoms with Gasteiger partial charge in [0.15, 0.2) is 0 Å². The smallest absolute Gasteiger partial charge is 0.0803 e. The summed E-state index contributed by atoms with van der Waals surface area (Å²) in [4.78, 5) is 0. The molecule has 1 N–H and O–H groups in total. The van der Waals surface area contributed by atoms with E-state index in [2.05, 4.69) is 37.8 Å². The Morgan fingerprint density at radius 1 is 1.20 bits per heavy atom. The number of benzene rings is 1. The highest BCUT2D eigenvalue weighted by molar-refractivity contribution is 5.62. The Morgan fingerprint density at radius 3 is 2.50 bits per heavy atom. The van der Waals surface area contributed by atoms with Crippen LogP contribution in [0.3, 0.4) is 0 Å². The molecule has 0 saturated heterocycles. The van der Waals surface area contributed by atoms with E-state index < -0.39 is 5.60 Å². The van der Waals surface area contributed by atoms with Gasteiger partial charge in [0.05, 0.1) is 5.60 Å². The van der Waals surface area contributed by atoms with Crippen LogP contribution in [0.5, 0.6) is 0 Å². The molecule has 1 aromatic rings. The molecule has 0 atom stereocenters. The second kappa shape index (κ2) is 7.92. The Morgan fingerprint density at radius 2 is 1.90 bits per heavy atom. The van der Waals surface area contributed by atoms with Crippen LogP contribution in [0.15, 0.2) is 29.8 Å². The van der Waals surface area contributed by atoms with E-state index in [9.17, 15) is 5.11 Å². The SMILES string of the molecule is CCCC#Cc1ccccc1/C=C(\CCC)C(C)(C)O. The minimum Gasteiger partial charge on any atom is -0.386 e. The van der Waals surface area contributed by atoms with Gasteiger partial charge in [-0.15, -0.1) is 0 Å². The molecule has 0 amide bonds. The van der Waals surface area contributed by atoms with Gasteiger partial charge in [-0.2, -0.15) is 0 Å². The number of hydrogen-bond donors (Lipinski definition) is 1. The lowest BCUT2D eigenvalue weighted by Crippen LogP contribution is -2.21. The zero-order valence-electron chi connectivity index (χ0n) is 13.2. The third-order valence-electron chi connectivity index (χ3n) is 3.19. The molecular weight excluding hydrogens is 244 g/mol. The molecule has 1 nitrogen and oxygen atoms in total. The summed E-state index contributed by atoms with van der Waals surface area (Å²) in [5, 5.41) is 10.3. The van der Waals surface area contributed by atoms with Crippen molar-refractivity contribution >= 4 is 6.08 Å². The Hall–Kier alpha value is -1.52. The van der Waals surface area contributed by atoms with E-state index in [0.29, 0.717) is 0 Å². The highest BCUT2D eigenvalue weighted by atomic mass is 16.3. The summed E-state index contributed by atoms with van der Waals surface area (Å²) in [7, 11) is 0. The molecule has 0 fully saturated rings. The predicted octanol–water partition coefficient (Wildman–Crippen LogP) is 4.79. The van der Waals surface area contributed by atoms with E-state index in [4.69, 9.17) is 0 Å². The maximum absolute atomic E-state index is 10.3. The third-order valence-corrected chi connectivity index (χ3v) is 3.19. The molecule has 0 unspecified atom stereocenters. The van der Waals surface area contributed by atoms with Gasteiger partial charge in [-0.1, -0.05) is 56.4 Å². The van der Waals surface area contributed by atoms with Gasteiger partial charge in [-0.25, -0.2) is 0 Å². The molecule has 0 aromatic heterocycles. The van der Waals surface area contributed by atoms with E-state index in [1.807, 2.05) is 32.0 Å². The van der Waals surface area contributed by atoms with Crippen LogP contribution in [0.4, 0.5) is 0 Å².